The maximum absolute atomic E-state index is 11.9. The van der Waals surface area contributed by atoms with E-state index in [4.69, 9.17) is 4.42 Å². The summed E-state index contributed by atoms with van der Waals surface area (Å²) < 4.78 is 31.4. The number of rotatable bonds is 4. The molecule has 2 aromatic rings. The van der Waals surface area contributed by atoms with E-state index in [0.29, 0.717) is 17.5 Å². The molecule has 0 aliphatic rings. The van der Waals surface area contributed by atoms with Crippen molar-refractivity contribution in [2.45, 2.75) is 32.3 Å². The summed E-state index contributed by atoms with van der Waals surface area (Å²) in [5, 5.41) is 0.0278. The zero-order valence-electron chi connectivity index (χ0n) is 10.3. The molecule has 0 spiro atoms. The van der Waals surface area contributed by atoms with Gasteiger partial charge < -0.3 is 9.40 Å². The monoisotopic (exact) mass is 270 g/mol. The molecule has 8 heteroatoms. The molecule has 0 fully saturated rings. The van der Waals surface area contributed by atoms with E-state index >= 15 is 0 Å². The standard InChI is InChI=1S/C10H14N4O3S/c1-6-7(2)17-9(13-6)4-12-18(15,16)10-5-11-8(3)14-10/h5,12H,4H2,1-3H3,(H,11,14). The van der Waals surface area contributed by atoms with Crippen molar-refractivity contribution in [1.82, 2.24) is 19.7 Å². The van der Waals surface area contributed by atoms with Gasteiger partial charge in [0.1, 0.15) is 11.6 Å². The summed E-state index contributed by atoms with van der Waals surface area (Å²) in [4.78, 5) is 10.6. The Bertz CT molecular complexity index is 637. The molecule has 0 bridgehead atoms. The highest BCUT2D eigenvalue weighted by Crippen LogP contribution is 2.10. The van der Waals surface area contributed by atoms with E-state index < -0.39 is 10.0 Å². The largest absolute Gasteiger partial charge is 0.444 e. The summed E-state index contributed by atoms with van der Waals surface area (Å²) in [6, 6.07) is 0. The van der Waals surface area contributed by atoms with Crippen LogP contribution in [0, 0.1) is 20.8 Å². The molecular formula is C10H14N4O3S. The minimum Gasteiger partial charge on any atom is -0.444 e. The van der Waals surface area contributed by atoms with E-state index in [1.54, 1.807) is 20.8 Å². The molecule has 7 nitrogen and oxygen atoms in total. The Labute approximate surface area is 105 Å². The van der Waals surface area contributed by atoms with Gasteiger partial charge in [0.2, 0.25) is 5.89 Å². The number of oxazole rings is 1. The fourth-order valence-corrected chi connectivity index (χ4v) is 2.33. The molecule has 0 saturated carbocycles. The summed E-state index contributed by atoms with van der Waals surface area (Å²) in [6.07, 6.45) is 1.27. The van der Waals surface area contributed by atoms with E-state index in [2.05, 4.69) is 19.7 Å². The van der Waals surface area contributed by atoms with Crippen LogP contribution < -0.4 is 4.72 Å². The number of hydrogen-bond acceptors (Lipinski definition) is 5. The van der Waals surface area contributed by atoms with Crippen LogP contribution in [0.25, 0.3) is 0 Å². The Morgan fingerprint density at radius 2 is 2.11 bits per heavy atom. The molecule has 2 N–H and O–H groups in total. The number of aromatic amines is 1. The van der Waals surface area contributed by atoms with E-state index in [-0.39, 0.29) is 11.6 Å². The molecule has 0 aliphatic heterocycles. The molecule has 98 valence electrons. The minimum atomic E-state index is -3.61. The van der Waals surface area contributed by atoms with Crippen molar-refractivity contribution in [1.29, 1.82) is 0 Å². The molecule has 2 heterocycles. The minimum absolute atomic E-state index is 0.00901. The van der Waals surface area contributed by atoms with Gasteiger partial charge in [-0.15, -0.1) is 0 Å². The van der Waals surface area contributed by atoms with Crippen LogP contribution in [-0.4, -0.2) is 23.4 Å². The van der Waals surface area contributed by atoms with Crippen molar-refractivity contribution in [3.63, 3.8) is 0 Å². The van der Waals surface area contributed by atoms with E-state index in [1.165, 1.54) is 6.20 Å². The Morgan fingerprint density at radius 3 is 2.61 bits per heavy atom. The fraction of sp³-hybridized carbons (Fsp3) is 0.400. The summed E-state index contributed by atoms with van der Waals surface area (Å²) in [5.74, 6) is 1.56. The second kappa shape index (κ2) is 4.54. The number of H-pyrrole nitrogens is 1. The molecule has 0 saturated heterocycles. The highest BCUT2D eigenvalue weighted by molar-refractivity contribution is 7.89. The predicted molar refractivity (Wildman–Crippen MR) is 63.3 cm³/mol. The van der Waals surface area contributed by atoms with Crippen molar-refractivity contribution < 1.29 is 12.8 Å². The van der Waals surface area contributed by atoms with Gasteiger partial charge in [0.25, 0.3) is 10.0 Å². The number of aromatic nitrogens is 3. The molecule has 0 radical (unpaired) electrons. The van der Waals surface area contributed by atoms with Crippen LogP contribution in [0.15, 0.2) is 15.6 Å². The van der Waals surface area contributed by atoms with Crippen molar-refractivity contribution in [3.05, 3.63) is 29.4 Å². The Kier molecular flexibility index (Phi) is 3.22. The lowest BCUT2D eigenvalue weighted by Gasteiger charge is -2.01. The van der Waals surface area contributed by atoms with Gasteiger partial charge in [-0.2, -0.15) is 0 Å². The first kappa shape index (κ1) is 12.8. The van der Waals surface area contributed by atoms with E-state index in [0.717, 1.165) is 5.69 Å². The number of hydrogen-bond donors (Lipinski definition) is 2. The van der Waals surface area contributed by atoms with Gasteiger partial charge in [-0.25, -0.2) is 23.1 Å². The first-order chi connectivity index (χ1) is 8.38. The van der Waals surface area contributed by atoms with Crippen LogP contribution in [0.4, 0.5) is 0 Å². The molecule has 2 aromatic heterocycles. The fourth-order valence-electron chi connectivity index (χ4n) is 1.38. The quantitative estimate of drug-likeness (QED) is 0.855. The topological polar surface area (TPSA) is 101 Å². The smallest absolute Gasteiger partial charge is 0.258 e. The molecule has 0 aliphatic carbocycles. The number of nitrogens with one attached hydrogen (secondary N) is 2. The average Bonchev–Trinajstić information content (AvgIpc) is 2.85. The molecule has 0 unspecified atom stereocenters. The van der Waals surface area contributed by atoms with Gasteiger partial charge in [0, 0.05) is 0 Å². The second-order valence-electron chi connectivity index (χ2n) is 3.91. The van der Waals surface area contributed by atoms with Crippen LogP contribution in [0.2, 0.25) is 0 Å². The summed E-state index contributed by atoms with van der Waals surface area (Å²) in [7, 11) is -3.61. The Morgan fingerprint density at radius 1 is 1.39 bits per heavy atom. The van der Waals surface area contributed by atoms with Crippen molar-refractivity contribution in [2.24, 2.45) is 0 Å². The lowest BCUT2D eigenvalue weighted by molar-refractivity contribution is 0.462. The lowest BCUT2D eigenvalue weighted by atomic mass is 10.4. The molecule has 0 atom stereocenters. The van der Waals surface area contributed by atoms with Crippen LogP contribution >= 0.6 is 0 Å². The molecule has 0 amide bonds. The zero-order valence-corrected chi connectivity index (χ0v) is 11.1. The summed E-state index contributed by atoms with van der Waals surface area (Å²) >= 11 is 0. The number of imidazole rings is 1. The van der Waals surface area contributed by atoms with Crippen molar-refractivity contribution in [2.75, 3.05) is 0 Å². The summed E-state index contributed by atoms with van der Waals surface area (Å²) in [5.41, 5.74) is 0.751. The van der Waals surface area contributed by atoms with Gasteiger partial charge >= 0.3 is 0 Å². The molecule has 0 aromatic carbocycles. The zero-order chi connectivity index (χ0) is 13.3. The first-order valence-electron chi connectivity index (χ1n) is 5.32. The second-order valence-corrected chi connectivity index (χ2v) is 5.64. The van der Waals surface area contributed by atoms with Crippen LogP contribution in [-0.2, 0) is 16.6 Å². The van der Waals surface area contributed by atoms with E-state index in [1.807, 2.05) is 0 Å². The summed E-state index contributed by atoms with van der Waals surface area (Å²) in [6.45, 7) is 5.27. The third kappa shape index (κ3) is 2.59. The van der Waals surface area contributed by atoms with Crippen molar-refractivity contribution in [3.8, 4) is 0 Å². The SMILES string of the molecule is Cc1ncc(S(=O)(=O)NCc2nc(C)c(C)o2)[nH]1. The van der Waals surface area contributed by atoms with Crippen LogP contribution in [0.5, 0.6) is 0 Å². The first-order valence-corrected chi connectivity index (χ1v) is 6.81. The van der Waals surface area contributed by atoms with Gasteiger partial charge in [-0.05, 0) is 20.8 Å². The van der Waals surface area contributed by atoms with Gasteiger partial charge in [0.05, 0.1) is 18.4 Å². The van der Waals surface area contributed by atoms with Crippen LogP contribution in [0.3, 0.4) is 0 Å². The number of aryl methyl sites for hydroxylation is 3. The molecule has 2 rings (SSSR count). The number of nitrogens with zero attached hydrogens (tertiary/aromatic N) is 2. The molecular weight excluding hydrogens is 256 g/mol. The molecule has 18 heavy (non-hydrogen) atoms. The predicted octanol–water partition coefficient (Wildman–Crippen LogP) is 0.801. The van der Waals surface area contributed by atoms with Crippen molar-refractivity contribution >= 4 is 10.0 Å². The van der Waals surface area contributed by atoms with Crippen LogP contribution in [0.1, 0.15) is 23.2 Å². The third-order valence-corrected chi connectivity index (χ3v) is 3.77. The Hall–Kier alpha value is -1.67. The number of sulfonamides is 1. The normalized spacial score (nSPS) is 11.9. The lowest BCUT2D eigenvalue weighted by Crippen LogP contribution is -2.23. The maximum Gasteiger partial charge on any atom is 0.258 e. The van der Waals surface area contributed by atoms with Gasteiger partial charge in [-0.3, -0.25) is 0 Å². The van der Waals surface area contributed by atoms with Gasteiger partial charge in [0.15, 0.2) is 5.03 Å². The van der Waals surface area contributed by atoms with Gasteiger partial charge in [-0.1, -0.05) is 0 Å². The maximum atomic E-state index is 11.9. The third-order valence-electron chi connectivity index (χ3n) is 2.46. The highest BCUT2D eigenvalue weighted by Gasteiger charge is 2.17. The highest BCUT2D eigenvalue weighted by atomic mass is 32.2. The Balaban J connectivity index is 2.10. The average molecular weight is 270 g/mol. The van der Waals surface area contributed by atoms with E-state index in [9.17, 15) is 8.42 Å².